The second-order valence-corrected chi connectivity index (χ2v) is 6.37. The van der Waals surface area contributed by atoms with Gasteiger partial charge in [-0.2, -0.15) is 0 Å². The minimum absolute atomic E-state index is 0. The number of ether oxygens (including phenoxy) is 1. The molecular formula is C13H17MoN3O6P+. The molecule has 0 unspecified atom stereocenters. The molecule has 3 aliphatic heterocycles. The van der Waals surface area contributed by atoms with E-state index in [0.29, 0.717) is 0 Å². The van der Waals surface area contributed by atoms with E-state index >= 15 is 0 Å². The van der Waals surface area contributed by atoms with E-state index in [1.807, 2.05) is 0 Å². The van der Waals surface area contributed by atoms with Crippen LogP contribution in [0.3, 0.4) is 0 Å². The molecule has 0 radical (unpaired) electrons. The van der Waals surface area contributed by atoms with E-state index in [2.05, 4.69) is 47.3 Å². The molecule has 130 valence electrons. The Morgan fingerprint density at radius 1 is 0.542 bits per heavy atom. The molecule has 0 saturated carbocycles. The van der Waals surface area contributed by atoms with Crippen molar-refractivity contribution in [3.63, 3.8) is 0 Å². The van der Waals surface area contributed by atoms with E-state index in [4.69, 9.17) is 28.0 Å². The van der Waals surface area contributed by atoms with Crippen molar-refractivity contribution in [2.45, 2.75) is 0 Å². The smallest absolute Gasteiger partial charge is 0 e. The van der Waals surface area contributed by atoms with Gasteiger partial charge in [0.15, 0.2) is 0 Å². The fraction of sp³-hybridized carbons (Fsp3) is 0.615. The molecule has 0 aliphatic carbocycles. The first-order valence-corrected chi connectivity index (χ1v) is 7.51. The fourth-order valence-electron chi connectivity index (χ4n) is 1.86. The van der Waals surface area contributed by atoms with E-state index < -0.39 is 8.37 Å². The third-order valence-corrected chi connectivity index (χ3v) is 5.79. The number of morpholine rings is 1. The molecule has 3 saturated heterocycles. The van der Waals surface area contributed by atoms with Crippen LogP contribution in [0.1, 0.15) is 0 Å². The summed E-state index contributed by atoms with van der Waals surface area (Å²) < 4.78 is 50.8. The molecule has 0 aromatic carbocycles. The van der Waals surface area contributed by atoms with E-state index in [1.54, 1.807) is 0 Å². The third-order valence-electron chi connectivity index (χ3n) is 2.75. The van der Waals surface area contributed by atoms with Crippen molar-refractivity contribution >= 4 is 8.37 Å². The van der Waals surface area contributed by atoms with Gasteiger partial charge in [0.05, 0.1) is 52.5 Å². The van der Waals surface area contributed by atoms with Crippen LogP contribution in [-0.2, 0) is 49.1 Å². The van der Waals surface area contributed by atoms with Gasteiger partial charge in [0.2, 0.25) is 8.37 Å². The number of hydrogen-bond acceptors (Lipinski definition) is 4. The van der Waals surface area contributed by atoms with Crippen molar-refractivity contribution in [3.05, 3.63) is 33.3 Å². The van der Waals surface area contributed by atoms with E-state index in [-0.39, 0.29) is 21.1 Å². The summed E-state index contributed by atoms with van der Waals surface area (Å²) in [5, 5.41) is 0. The van der Waals surface area contributed by atoms with Crippen LogP contribution in [-0.4, -0.2) is 66.5 Å². The van der Waals surface area contributed by atoms with Crippen molar-refractivity contribution in [3.8, 4) is 0 Å². The standard InChI is InChI=1S/C8H16N3OP.5CO.Mo/c1-2-9(1)13(10-3-4-10)11-5-7-12-8-6-11;5*1-2;/h1-8H2;;;;;;/p+1. The molecule has 3 rings (SSSR count). The van der Waals surface area contributed by atoms with Crippen LogP contribution in [0.25, 0.3) is 0 Å². The molecule has 0 N–H and O–H groups in total. The van der Waals surface area contributed by atoms with E-state index in [1.165, 1.54) is 26.2 Å². The summed E-state index contributed by atoms with van der Waals surface area (Å²) in [6.07, 6.45) is 0. The Morgan fingerprint density at radius 2 is 0.792 bits per heavy atom. The fourth-order valence-corrected chi connectivity index (χ4v) is 4.65. The first-order valence-electron chi connectivity index (χ1n) is 6.17. The predicted molar refractivity (Wildman–Crippen MR) is 73.5 cm³/mol. The zero-order valence-electron chi connectivity index (χ0n) is 12.9. The maximum absolute atomic E-state index is 7.50. The Balaban J connectivity index is -0.000000159. The number of nitrogens with zero attached hydrogens (tertiary/aromatic N) is 3. The molecule has 0 amide bonds. The first kappa shape index (κ1) is 31.4. The summed E-state index contributed by atoms with van der Waals surface area (Å²) in [6.45, 7) is 32.0. The summed E-state index contributed by atoms with van der Waals surface area (Å²) in [6, 6.07) is 0. The molecule has 3 fully saturated rings. The van der Waals surface area contributed by atoms with Crippen LogP contribution in [0.4, 0.5) is 0 Å². The van der Waals surface area contributed by atoms with Crippen molar-refractivity contribution in [2.24, 2.45) is 0 Å². The Hall–Kier alpha value is -0.342. The minimum Gasteiger partial charge on any atom is 0 e. The van der Waals surface area contributed by atoms with Crippen molar-refractivity contribution < 1.29 is 49.1 Å². The molecule has 0 aromatic rings. The topological polar surface area (TPSA) is 118 Å². The molecule has 3 heterocycles. The van der Waals surface area contributed by atoms with Crippen LogP contribution in [0.5, 0.6) is 0 Å². The summed E-state index contributed by atoms with van der Waals surface area (Å²) >= 11 is 0. The van der Waals surface area contributed by atoms with Gasteiger partial charge in [-0.05, 0) is 0 Å². The average molecular weight is 438 g/mol. The molecule has 0 atom stereocenters. The molecule has 0 aromatic heterocycles. The van der Waals surface area contributed by atoms with Crippen LogP contribution in [0.15, 0.2) is 0 Å². The van der Waals surface area contributed by atoms with Gasteiger partial charge in [0.1, 0.15) is 0 Å². The number of hydrogen-bond donors (Lipinski definition) is 0. The molecule has 11 heteroatoms. The van der Waals surface area contributed by atoms with Gasteiger partial charge in [-0.3, -0.25) is 0 Å². The van der Waals surface area contributed by atoms with Gasteiger partial charge in [-0.1, -0.05) is 0 Å². The third kappa shape index (κ3) is 14.0. The largest absolute Gasteiger partial charge is 0 e. The SMILES string of the molecule is C1CN([PH+](N2CC2)N2CC2)CCO1.[C-]#[O+].[C-]#[O+].[C-]#[O+].[C-]#[O+].[C-]#[O+].[Mo]. The van der Waals surface area contributed by atoms with Gasteiger partial charge in [0.25, 0.3) is 0 Å². The molecule has 0 spiro atoms. The summed E-state index contributed by atoms with van der Waals surface area (Å²) in [5.74, 6) is 0. The average Bonchev–Trinajstić information content (AvgIpc) is 3.60. The van der Waals surface area contributed by atoms with Crippen LogP contribution < -0.4 is 0 Å². The summed E-state index contributed by atoms with van der Waals surface area (Å²) in [5.41, 5.74) is 0. The molecule has 9 nitrogen and oxygen atoms in total. The number of rotatable bonds is 3. The maximum Gasteiger partial charge on any atom is 0 e. The van der Waals surface area contributed by atoms with Gasteiger partial charge < -0.3 is 4.74 Å². The second-order valence-electron chi connectivity index (χ2n) is 3.87. The van der Waals surface area contributed by atoms with Gasteiger partial charge in [-0.25, -0.2) is 0 Å². The Labute approximate surface area is 157 Å². The quantitative estimate of drug-likeness (QED) is 0.198. The molecule has 24 heavy (non-hydrogen) atoms. The molecule has 0 bridgehead atoms. The van der Waals surface area contributed by atoms with Crippen LogP contribution in [0.2, 0.25) is 0 Å². The molecular weight excluding hydrogens is 421 g/mol. The van der Waals surface area contributed by atoms with Crippen molar-refractivity contribution in [2.75, 3.05) is 52.5 Å². The second kappa shape index (κ2) is 24.9. The summed E-state index contributed by atoms with van der Waals surface area (Å²) in [7, 11) is -0.437. The Morgan fingerprint density at radius 3 is 1.04 bits per heavy atom. The van der Waals surface area contributed by atoms with Gasteiger partial charge >= 0.3 is 56.5 Å². The summed E-state index contributed by atoms with van der Waals surface area (Å²) in [4.78, 5) is 0. The normalized spacial score (nSPS) is 17.3. The van der Waals surface area contributed by atoms with E-state index in [9.17, 15) is 0 Å². The predicted octanol–water partition coefficient (Wildman–Crippen LogP) is -0.281. The Kier molecular flexibility index (Phi) is 32.6. The Bertz CT molecular complexity index is 329. The van der Waals surface area contributed by atoms with Gasteiger partial charge in [-0.15, -0.1) is 14.0 Å². The molecule has 3 aliphatic rings. The minimum atomic E-state index is -0.437. The maximum atomic E-state index is 7.50. The zero-order chi connectivity index (χ0) is 18.7. The van der Waals surface area contributed by atoms with E-state index in [0.717, 1.165) is 26.3 Å². The monoisotopic (exact) mass is 440 g/mol. The van der Waals surface area contributed by atoms with Crippen molar-refractivity contribution in [1.82, 2.24) is 14.0 Å². The first-order chi connectivity index (χ1) is 11.4. The van der Waals surface area contributed by atoms with Crippen LogP contribution >= 0.6 is 8.37 Å². The van der Waals surface area contributed by atoms with Crippen LogP contribution in [0, 0.1) is 33.3 Å². The van der Waals surface area contributed by atoms with Crippen molar-refractivity contribution in [1.29, 1.82) is 0 Å². The van der Waals surface area contributed by atoms with Gasteiger partial charge in [0, 0.05) is 21.1 Å². The zero-order valence-corrected chi connectivity index (χ0v) is 15.9.